The lowest BCUT2D eigenvalue weighted by Crippen LogP contribution is -2.51. The van der Waals surface area contributed by atoms with Crippen LogP contribution in [0, 0.1) is 0 Å². The van der Waals surface area contributed by atoms with E-state index in [0.717, 1.165) is 43.5 Å². The third kappa shape index (κ3) is 5.67. The Morgan fingerprint density at radius 1 is 1.33 bits per heavy atom. The Hall–Kier alpha value is -1.63. The molecule has 0 aliphatic carbocycles. The second kappa shape index (κ2) is 9.04. The number of ether oxygens (including phenoxy) is 3. The van der Waals surface area contributed by atoms with Crippen LogP contribution in [-0.4, -0.2) is 62.9 Å². The molecule has 1 amide bonds. The van der Waals surface area contributed by atoms with Gasteiger partial charge in [-0.3, -0.25) is 4.79 Å². The minimum absolute atomic E-state index is 0.0172. The van der Waals surface area contributed by atoms with Crippen molar-refractivity contribution in [3.05, 3.63) is 29.8 Å². The van der Waals surface area contributed by atoms with E-state index in [4.69, 9.17) is 14.2 Å². The summed E-state index contributed by atoms with van der Waals surface area (Å²) in [7, 11) is 4.07. The highest BCUT2D eigenvalue weighted by molar-refractivity contribution is 5.73. The zero-order valence-corrected chi connectivity index (χ0v) is 16.7. The molecule has 1 aromatic rings. The summed E-state index contributed by atoms with van der Waals surface area (Å²) in [6.07, 6.45) is 3.33. The third-order valence-corrected chi connectivity index (χ3v) is 5.36. The maximum absolute atomic E-state index is 11.7. The molecule has 1 N–H and O–H groups in total. The van der Waals surface area contributed by atoms with Gasteiger partial charge < -0.3 is 24.4 Å². The molecule has 1 spiro atoms. The second-order valence-electron chi connectivity index (χ2n) is 7.96. The van der Waals surface area contributed by atoms with Crippen LogP contribution in [-0.2, 0) is 14.3 Å². The first-order valence-corrected chi connectivity index (χ1v) is 9.86. The van der Waals surface area contributed by atoms with Crippen molar-refractivity contribution in [3.8, 4) is 5.75 Å². The van der Waals surface area contributed by atoms with Crippen molar-refractivity contribution in [1.29, 1.82) is 0 Å². The average Bonchev–Trinajstić information content (AvgIpc) is 2.61. The monoisotopic (exact) mass is 376 g/mol. The van der Waals surface area contributed by atoms with E-state index in [-0.39, 0.29) is 23.7 Å². The SMILES string of the molecule is CC(=O)N[C@@H]1C[C@H](c2cccc(OCCN(C)C)c2)OC2(CCOCC2)C1. The lowest BCUT2D eigenvalue weighted by molar-refractivity contribution is -0.179. The van der Waals surface area contributed by atoms with Crippen molar-refractivity contribution in [2.75, 3.05) is 40.5 Å². The molecule has 0 aromatic heterocycles. The van der Waals surface area contributed by atoms with Crippen molar-refractivity contribution in [2.45, 2.75) is 50.4 Å². The molecule has 0 radical (unpaired) electrons. The molecule has 0 unspecified atom stereocenters. The van der Waals surface area contributed by atoms with Crippen LogP contribution < -0.4 is 10.1 Å². The maximum atomic E-state index is 11.7. The molecule has 2 atom stereocenters. The molecule has 2 heterocycles. The van der Waals surface area contributed by atoms with Gasteiger partial charge in [0.2, 0.25) is 5.91 Å². The van der Waals surface area contributed by atoms with Crippen molar-refractivity contribution in [1.82, 2.24) is 10.2 Å². The van der Waals surface area contributed by atoms with E-state index in [2.05, 4.69) is 22.3 Å². The summed E-state index contributed by atoms with van der Waals surface area (Å²) in [4.78, 5) is 13.8. The predicted octanol–water partition coefficient (Wildman–Crippen LogP) is 2.53. The van der Waals surface area contributed by atoms with Crippen LogP contribution in [0.3, 0.4) is 0 Å². The highest BCUT2D eigenvalue weighted by Gasteiger charge is 2.43. The first-order chi connectivity index (χ1) is 13.0. The van der Waals surface area contributed by atoms with Crippen molar-refractivity contribution in [3.63, 3.8) is 0 Å². The van der Waals surface area contributed by atoms with Gasteiger partial charge in [0.1, 0.15) is 12.4 Å². The number of nitrogens with zero attached hydrogens (tertiary/aromatic N) is 1. The van der Waals surface area contributed by atoms with Gasteiger partial charge in [0, 0.05) is 32.7 Å². The normalized spacial score (nSPS) is 24.7. The highest BCUT2D eigenvalue weighted by Crippen LogP contribution is 2.43. The van der Waals surface area contributed by atoms with E-state index in [1.54, 1.807) is 6.92 Å². The number of amides is 1. The number of rotatable bonds is 6. The van der Waals surface area contributed by atoms with Crippen molar-refractivity contribution in [2.24, 2.45) is 0 Å². The molecule has 0 bridgehead atoms. The van der Waals surface area contributed by atoms with Gasteiger partial charge in [-0.25, -0.2) is 0 Å². The van der Waals surface area contributed by atoms with Gasteiger partial charge in [-0.2, -0.15) is 0 Å². The summed E-state index contributed by atoms with van der Waals surface area (Å²) >= 11 is 0. The summed E-state index contributed by atoms with van der Waals surface area (Å²) < 4.78 is 18.1. The Morgan fingerprint density at radius 3 is 2.81 bits per heavy atom. The molecule has 0 saturated carbocycles. The Bertz CT molecular complexity index is 628. The lowest BCUT2D eigenvalue weighted by atomic mass is 9.81. The molecule has 1 aromatic carbocycles. The Labute approximate surface area is 162 Å². The first kappa shape index (κ1) is 20.1. The minimum Gasteiger partial charge on any atom is -0.492 e. The summed E-state index contributed by atoms with van der Waals surface area (Å²) in [6.45, 7) is 4.54. The molecule has 2 aliphatic rings. The van der Waals surface area contributed by atoms with E-state index in [1.807, 2.05) is 26.2 Å². The number of hydrogen-bond acceptors (Lipinski definition) is 5. The number of likely N-dealkylation sites (N-methyl/N-ethyl adjacent to an activating group) is 1. The number of benzene rings is 1. The molecular weight excluding hydrogens is 344 g/mol. The van der Waals surface area contributed by atoms with Crippen molar-refractivity contribution >= 4 is 5.91 Å². The highest BCUT2D eigenvalue weighted by atomic mass is 16.5. The molecule has 6 nitrogen and oxygen atoms in total. The minimum atomic E-state index is -0.212. The first-order valence-electron chi connectivity index (χ1n) is 9.86. The Morgan fingerprint density at radius 2 is 2.11 bits per heavy atom. The Kier molecular flexibility index (Phi) is 6.73. The van der Waals surface area contributed by atoms with Gasteiger partial charge in [-0.05, 0) is 57.5 Å². The van der Waals surface area contributed by atoms with Gasteiger partial charge in [-0.15, -0.1) is 0 Å². The molecule has 2 saturated heterocycles. The summed E-state index contributed by atoms with van der Waals surface area (Å²) in [5.41, 5.74) is 0.897. The smallest absolute Gasteiger partial charge is 0.217 e. The zero-order chi connectivity index (χ0) is 19.3. The lowest BCUT2D eigenvalue weighted by Gasteiger charge is -2.47. The van der Waals surface area contributed by atoms with E-state index in [0.29, 0.717) is 19.8 Å². The van der Waals surface area contributed by atoms with Crippen LogP contribution in [0.5, 0.6) is 5.75 Å². The average molecular weight is 376 g/mol. The molecule has 3 rings (SSSR count). The maximum Gasteiger partial charge on any atom is 0.217 e. The molecule has 150 valence electrons. The van der Waals surface area contributed by atoms with E-state index in [1.165, 1.54) is 0 Å². The van der Waals surface area contributed by atoms with Gasteiger partial charge in [0.25, 0.3) is 0 Å². The van der Waals surface area contributed by atoms with Gasteiger partial charge >= 0.3 is 0 Å². The summed E-state index contributed by atoms with van der Waals surface area (Å²) in [6, 6.07) is 8.29. The zero-order valence-electron chi connectivity index (χ0n) is 16.7. The van der Waals surface area contributed by atoms with E-state index >= 15 is 0 Å². The molecule has 2 aliphatic heterocycles. The standard InChI is InChI=1S/C21H32N2O4/c1-16(24)22-18-14-20(27-21(15-18)7-10-25-11-8-21)17-5-4-6-19(13-17)26-12-9-23(2)3/h4-6,13,18,20H,7-12,14-15H2,1-3H3,(H,22,24)/t18-,20-/m1/s1. The Balaban J connectivity index is 1.74. The topological polar surface area (TPSA) is 60.0 Å². The fourth-order valence-electron chi connectivity index (χ4n) is 4.01. The number of carbonyl (C=O) groups excluding carboxylic acids is 1. The van der Waals surface area contributed by atoms with Crippen LogP contribution in [0.4, 0.5) is 0 Å². The number of nitrogens with one attached hydrogen (secondary N) is 1. The molecule has 27 heavy (non-hydrogen) atoms. The van der Waals surface area contributed by atoms with Gasteiger partial charge in [0.05, 0.1) is 11.7 Å². The van der Waals surface area contributed by atoms with Crippen LogP contribution >= 0.6 is 0 Å². The van der Waals surface area contributed by atoms with E-state index < -0.39 is 0 Å². The van der Waals surface area contributed by atoms with Gasteiger partial charge in [0.15, 0.2) is 0 Å². The quantitative estimate of drug-likeness (QED) is 0.827. The molecule has 2 fully saturated rings. The van der Waals surface area contributed by atoms with Gasteiger partial charge in [-0.1, -0.05) is 12.1 Å². The van der Waals surface area contributed by atoms with Crippen LogP contribution in [0.15, 0.2) is 24.3 Å². The number of carbonyl (C=O) groups is 1. The largest absolute Gasteiger partial charge is 0.492 e. The molecular formula is C21H32N2O4. The summed E-state index contributed by atoms with van der Waals surface area (Å²) in [5.74, 6) is 0.879. The third-order valence-electron chi connectivity index (χ3n) is 5.36. The van der Waals surface area contributed by atoms with E-state index in [9.17, 15) is 4.79 Å². The van der Waals surface area contributed by atoms with Crippen molar-refractivity contribution < 1.29 is 19.0 Å². The predicted molar refractivity (Wildman–Crippen MR) is 104 cm³/mol. The fraction of sp³-hybridized carbons (Fsp3) is 0.667. The van der Waals surface area contributed by atoms with Crippen LogP contribution in [0.2, 0.25) is 0 Å². The number of hydrogen-bond donors (Lipinski definition) is 1. The van der Waals surface area contributed by atoms with Crippen LogP contribution in [0.1, 0.15) is 44.3 Å². The fourth-order valence-corrected chi connectivity index (χ4v) is 4.01. The van der Waals surface area contributed by atoms with Crippen LogP contribution in [0.25, 0.3) is 0 Å². The summed E-state index contributed by atoms with van der Waals surface area (Å²) in [5, 5.41) is 3.12. The molecule has 6 heteroatoms. The second-order valence-corrected chi connectivity index (χ2v) is 7.96.